The Morgan fingerprint density at radius 3 is 1.91 bits per heavy atom. The van der Waals surface area contributed by atoms with Crippen LogP contribution in [0.5, 0.6) is 0 Å². The molecule has 0 spiro atoms. The van der Waals surface area contributed by atoms with Gasteiger partial charge in [0.05, 0.1) is 22.4 Å². The van der Waals surface area contributed by atoms with Crippen LogP contribution in [0.25, 0.3) is 82.6 Å². The molecule has 3 aromatic heterocycles. The van der Waals surface area contributed by atoms with E-state index in [0.29, 0.717) is 5.82 Å². The highest BCUT2D eigenvalue weighted by molar-refractivity contribution is 7.18. The van der Waals surface area contributed by atoms with Crippen LogP contribution in [0.1, 0.15) is 0 Å². The van der Waals surface area contributed by atoms with E-state index in [4.69, 9.17) is 9.97 Å². The smallest absolute Gasteiger partial charge is 0.160 e. The van der Waals surface area contributed by atoms with Crippen molar-refractivity contribution in [2.75, 3.05) is 0 Å². The highest BCUT2D eigenvalue weighted by Crippen LogP contribution is 2.39. The summed E-state index contributed by atoms with van der Waals surface area (Å²) in [4.78, 5) is 10.2. The maximum Gasteiger partial charge on any atom is 0.160 e. The summed E-state index contributed by atoms with van der Waals surface area (Å²) >= 11 is 1.81. The van der Waals surface area contributed by atoms with Gasteiger partial charge < -0.3 is 4.57 Å². The van der Waals surface area contributed by atoms with Crippen LogP contribution in [0.4, 0.5) is 0 Å². The number of fused-ring (bicyclic) bond motifs is 5. The molecule has 0 unspecified atom stereocenters. The van der Waals surface area contributed by atoms with Crippen molar-refractivity contribution in [1.82, 2.24) is 14.5 Å². The van der Waals surface area contributed by atoms with Crippen molar-refractivity contribution >= 4 is 43.2 Å². The van der Waals surface area contributed by atoms with E-state index in [1.165, 1.54) is 43.0 Å². The fourth-order valence-electron chi connectivity index (χ4n) is 6.48. The van der Waals surface area contributed by atoms with Gasteiger partial charge in [-0.3, -0.25) is 0 Å². The molecule has 0 N–H and O–H groups in total. The lowest BCUT2D eigenvalue weighted by Gasteiger charge is -2.12. The van der Waals surface area contributed by atoms with E-state index >= 15 is 0 Å². The third-order valence-corrected chi connectivity index (χ3v) is 9.65. The minimum absolute atomic E-state index is 0.711. The molecule has 3 nitrogen and oxygen atoms in total. The molecule has 0 amide bonds. The molecule has 0 saturated heterocycles. The third-order valence-electron chi connectivity index (χ3n) is 8.70. The Labute approximate surface area is 270 Å². The van der Waals surface area contributed by atoms with E-state index in [1.807, 2.05) is 35.6 Å². The number of para-hydroxylation sites is 1. The summed E-state index contributed by atoms with van der Waals surface area (Å²) in [5.41, 5.74) is 10.8. The summed E-state index contributed by atoms with van der Waals surface area (Å²) in [7, 11) is 0. The van der Waals surface area contributed by atoms with Crippen LogP contribution in [-0.4, -0.2) is 14.5 Å². The van der Waals surface area contributed by atoms with E-state index in [1.54, 1.807) is 0 Å². The number of benzene rings is 6. The van der Waals surface area contributed by atoms with Gasteiger partial charge in [0, 0.05) is 37.9 Å². The Morgan fingerprint density at radius 1 is 0.457 bits per heavy atom. The molecule has 216 valence electrons. The van der Waals surface area contributed by atoms with E-state index in [2.05, 4.69) is 143 Å². The SMILES string of the molecule is c1ccc(-c2ccc(-c3cc(-c4cccc(-n5c6ccccc6c6c7sccc7ccc65)c4)nc(-c4ccccc4)n3)cc2)cc1. The zero-order valence-corrected chi connectivity index (χ0v) is 25.7. The van der Waals surface area contributed by atoms with Crippen molar-refractivity contribution in [3.63, 3.8) is 0 Å². The summed E-state index contributed by atoms with van der Waals surface area (Å²) in [6.45, 7) is 0. The first kappa shape index (κ1) is 26.6. The van der Waals surface area contributed by atoms with E-state index in [-0.39, 0.29) is 0 Å². The summed E-state index contributed by atoms with van der Waals surface area (Å²) in [6, 6.07) is 55.6. The van der Waals surface area contributed by atoms with E-state index < -0.39 is 0 Å². The molecular weight excluding hydrogens is 579 g/mol. The maximum atomic E-state index is 5.13. The second-order valence-corrected chi connectivity index (χ2v) is 12.4. The molecule has 4 heteroatoms. The Bertz CT molecular complexity index is 2510. The second-order valence-electron chi connectivity index (χ2n) is 11.5. The van der Waals surface area contributed by atoms with Gasteiger partial charge in [0.25, 0.3) is 0 Å². The molecule has 0 fully saturated rings. The monoisotopic (exact) mass is 605 g/mol. The first-order chi connectivity index (χ1) is 22.8. The molecule has 0 atom stereocenters. The fourth-order valence-corrected chi connectivity index (χ4v) is 7.44. The molecule has 0 aliphatic carbocycles. The number of hydrogen-bond acceptors (Lipinski definition) is 3. The van der Waals surface area contributed by atoms with Crippen molar-refractivity contribution in [3.8, 4) is 50.7 Å². The third kappa shape index (κ3) is 4.50. The lowest BCUT2D eigenvalue weighted by atomic mass is 10.0. The van der Waals surface area contributed by atoms with Crippen LogP contribution in [0, 0.1) is 0 Å². The predicted molar refractivity (Wildman–Crippen MR) is 193 cm³/mol. The van der Waals surface area contributed by atoms with Gasteiger partial charge in [-0.15, -0.1) is 11.3 Å². The Kier molecular flexibility index (Phi) is 6.32. The Balaban J connectivity index is 1.21. The fraction of sp³-hybridized carbons (Fsp3) is 0. The maximum absolute atomic E-state index is 5.13. The molecule has 3 heterocycles. The van der Waals surface area contributed by atoms with Gasteiger partial charge in [0.1, 0.15) is 0 Å². The summed E-state index contributed by atoms with van der Waals surface area (Å²) in [6.07, 6.45) is 0. The normalized spacial score (nSPS) is 11.5. The largest absolute Gasteiger partial charge is 0.309 e. The molecule has 9 rings (SSSR count). The molecule has 9 aromatic rings. The molecule has 0 saturated carbocycles. The molecule has 0 bridgehead atoms. The van der Waals surface area contributed by atoms with Gasteiger partial charge in [0.15, 0.2) is 5.82 Å². The first-order valence-corrected chi connectivity index (χ1v) is 16.3. The lowest BCUT2D eigenvalue weighted by molar-refractivity contribution is 1.16. The average Bonchev–Trinajstić information content (AvgIpc) is 3.75. The highest BCUT2D eigenvalue weighted by atomic mass is 32.1. The van der Waals surface area contributed by atoms with Gasteiger partial charge in [0.2, 0.25) is 0 Å². The average molecular weight is 606 g/mol. The minimum atomic E-state index is 0.711. The summed E-state index contributed by atoms with van der Waals surface area (Å²) in [5, 5.41) is 6.05. The summed E-state index contributed by atoms with van der Waals surface area (Å²) in [5.74, 6) is 0.711. The number of thiophene rings is 1. The van der Waals surface area contributed by atoms with Crippen molar-refractivity contribution in [2.24, 2.45) is 0 Å². The quantitative estimate of drug-likeness (QED) is 0.195. The van der Waals surface area contributed by atoms with Crippen LogP contribution < -0.4 is 0 Å². The van der Waals surface area contributed by atoms with Gasteiger partial charge in [-0.05, 0) is 58.3 Å². The number of rotatable bonds is 5. The second kappa shape index (κ2) is 11.0. The molecule has 6 aromatic carbocycles. The zero-order chi connectivity index (χ0) is 30.5. The van der Waals surface area contributed by atoms with Gasteiger partial charge in [-0.2, -0.15) is 0 Å². The highest BCUT2D eigenvalue weighted by Gasteiger charge is 2.17. The molecule has 46 heavy (non-hydrogen) atoms. The standard InChI is InChI=1S/C42H27N3S/c1-3-10-28(11-4-1)29-18-20-30(21-19-29)36-27-37(44-42(43-36)32-12-5-2-6-13-32)33-14-9-15-34(26-33)45-38-17-8-7-16-35(38)40-39(45)23-22-31-24-25-46-41(31)40/h1-27H. The Morgan fingerprint density at radius 2 is 1.11 bits per heavy atom. The lowest BCUT2D eigenvalue weighted by Crippen LogP contribution is -1.98. The molecule has 0 aliphatic heterocycles. The molecule has 0 radical (unpaired) electrons. The van der Waals surface area contributed by atoms with Crippen molar-refractivity contribution < 1.29 is 0 Å². The van der Waals surface area contributed by atoms with Gasteiger partial charge in [-0.25, -0.2) is 9.97 Å². The van der Waals surface area contributed by atoms with E-state index in [0.717, 1.165) is 33.8 Å². The summed E-state index contributed by atoms with van der Waals surface area (Å²) < 4.78 is 3.71. The predicted octanol–water partition coefficient (Wildman–Crippen LogP) is 11.5. The van der Waals surface area contributed by atoms with Crippen LogP contribution in [0.15, 0.2) is 163 Å². The van der Waals surface area contributed by atoms with Crippen LogP contribution in [0.2, 0.25) is 0 Å². The Hall–Kier alpha value is -5.84. The topological polar surface area (TPSA) is 30.7 Å². The van der Waals surface area contributed by atoms with Crippen LogP contribution >= 0.6 is 11.3 Å². The molecular formula is C42H27N3S. The van der Waals surface area contributed by atoms with Crippen molar-refractivity contribution in [3.05, 3.63) is 163 Å². The van der Waals surface area contributed by atoms with Crippen LogP contribution in [0.3, 0.4) is 0 Å². The van der Waals surface area contributed by atoms with Crippen molar-refractivity contribution in [2.45, 2.75) is 0 Å². The number of nitrogens with zero attached hydrogens (tertiary/aromatic N) is 3. The van der Waals surface area contributed by atoms with Gasteiger partial charge in [-0.1, -0.05) is 121 Å². The minimum Gasteiger partial charge on any atom is -0.309 e. The molecule has 0 aliphatic rings. The van der Waals surface area contributed by atoms with Crippen LogP contribution in [-0.2, 0) is 0 Å². The number of hydrogen-bond donors (Lipinski definition) is 0. The zero-order valence-electron chi connectivity index (χ0n) is 24.8. The van der Waals surface area contributed by atoms with Crippen molar-refractivity contribution in [1.29, 1.82) is 0 Å². The number of aromatic nitrogens is 3. The van der Waals surface area contributed by atoms with E-state index in [9.17, 15) is 0 Å². The van der Waals surface area contributed by atoms with Gasteiger partial charge >= 0.3 is 0 Å². The first-order valence-electron chi connectivity index (χ1n) is 15.4.